The normalized spacial score (nSPS) is 15.7. The number of rotatable bonds is 6. The maximum absolute atomic E-state index is 12.2. The van der Waals surface area contributed by atoms with Gasteiger partial charge in [-0.3, -0.25) is 4.72 Å². The maximum atomic E-state index is 12.2. The minimum atomic E-state index is -3.56. The standard InChI is InChI=1S/C19H21NO3S/c21-24(22,14-13-16-7-2-1-3-8-16)20-17-9-6-12-19(15-17)23-18-10-4-5-11-18/h1-3,6-9,12-15,18,20H,4-5,10-11H2. The second kappa shape index (κ2) is 7.53. The predicted molar refractivity (Wildman–Crippen MR) is 97.3 cm³/mol. The Bertz CT molecular complexity index is 794. The highest BCUT2D eigenvalue weighted by Gasteiger charge is 2.16. The van der Waals surface area contributed by atoms with Gasteiger partial charge < -0.3 is 4.74 Å². The van der Waals surface area contributed by atoms with Crippen molar-refractivity contribution in [3.8, 4) is 5.75 Å². The highest BCUT2D eigenvalue weighted by Crippen LogP contribution is 2.26. The molecular formula is C19H21NO3S. The van der Waals surface area contributed by atoms with Gasteiger partial charge in [0.25, 0.3) is 10.0 Å². The van der Waals surface area contributed by atoms with Gasteiger partial charge in [0.2, 0.25) is 0 Å². The molecule has 1 aliphatic rings. The Hall–Kier alpha value is -2.27. The number of ether oxygens (including phenoxy) is 1. The highest BCUT2D eigenvalue weighted by molar-refractivity contribution is 7.95. The summed E-state index contributed by atoms with van der Waals surface area (Å²) in [4.78, 5) is 0. The van der Waals surface area contributed by atoms with Crippen LogP contribution in [0.3, 0.4) is 0 Å². The first-order valence-corrected chi connectivity index (χ1v) is 9.68. The Labute approximate surface area is 143 Å². The molecule has 1 fully saturated rings. The Morgan fingerprint density at radius 1 is 1.00 bits per heavy atom. The van der Waals surface area contributed by atoms with E-state index in [2.05, 4.69) is 4.72 Å². The molecule has 4 nitrogen and oxygen atoms in total. The van der Waals surface area contributed by atoms with Crippen LogP contribution < -0.4 is 9.46 Å². The molecular weight excluding hydrogens is 322 g/mol. The molecule has 5 heteroatoms. The third-order valence-corrected chi connectivity index (χ3v) is 4.95. The highest BCUT2D eigenvalue weighted by atomic mass is 32.2. The summed E-state index contributed by atoms with van der Waals surface area (Å²) in [5, 5.41) is 1.17. The van der Waals surface area contributed by atoms with Gasteiger partial charge >= 0.3 is 0 Å². The number of hydrogen-bond donors (Lipinski definition) is 1. The van der Waals surface area contributed by atoms with Gasteiger partial charge in [-0.2, -0.15) is 0 Å². The molecule has 0 unspecified atom stereocenters. The van der Waals surface area contributed by atoms with Crippen LogP contribution in [0.4, 0.5) is 5.69 Å². The monoisotopic (exact) mass is 343 g/mol. The summed E-state index contributed by atoms with van der Waals surface area (Å²) in [5.74, 6) is 0.703. The molecule has 0 saturated heterocycles. The first-order chi connectivity index (χ1) is 11.6. The molecule has 0 amide bonds. The topological polar surface area (TPSA) is 55.4 Å². The average molecular weight is 343 g/mol. The molecule has 1 N–H and O–H groups in total. The number of anilines is 1. The van der Waals surface area contributed by atoms with Crippen LogP contribution in [0.2, 0.25) is 0 Å². The van der Waals surface area contributed by atoms with Crippen molar-refractivity contribution < 1.29 is 13.2 Å². The molecule has 0 spiro atoms. The molecule has 0 radical (unpaired) electrons. The zero-order valence-corrected chi connectivity index (χ0v) is 14.2. The lowest BCUT2D eigenvalue weighted by Crippen LogP contribution is -2.12. The minimum Gasteiger partial charge on any atom is -0.490 e. The summed E-state index contributed by atoms with van der Waals surface area (Å²) in [5.41, 5.74) is 1.34. The number of benzene rings is 2. The summed E-state index contributed by atoms with van der Waals surface area (Å²) < 4.78 is 32.8. The van der Waals surface area contributed by atoms with Crippen molar-refractivity contribution in [1.82, 2.24) is 0 Å². The second-order valence-corrected chi connectivity index (χ2v) is 7.48. The van der Waals surface area contributed by atoms with Gasteiger partial charge in [-0.05, 0) is 49.5 Å². The maximum Gasteiger partial charge on any atom is 0.255 e. The first kappa shape index (κ1) is 16.6. The van der Waals surface area contributed by atoms with Crippen LogP contribution in [0.5, 0.6) is 5.75 Å². The van der Waals surface area contributed by atoms with Crippen LogP contribution in [0.25, 0.3) is 6.08 Å². The van der Waals surface area contributed by atoms with Gasteiger partial charge in [0.05, 0.1) is 17.2 Å². The second-order valence-electron chi connectivity index (χ2n) is 5.91. The van der Waals surface area contributed by atoms with E-state index in [1.165, 1.54) is 18.2 Å². The van der Waals surface area contributed by atoms with Gasteiger partial charge in [-0.15, -0.1) is 0 Å². The van der Waals surface area contributed by atoms with Crippen molar-refractivity contribution in [2.45, 2.75) is 31.8 Å². The van der Waals surface area contributed by atoms with E-state index in [1.54, 1.807) is 24.3 Å². The number of nitrogens with one attached hydrogen (secondary N) is 1. The molecule has 2 aromatic carbocycles. The van der Waals surface area contributed by atoms with E-state index < -0.39 is 10.0 Å². The minimum absolute atomic E-state index is 0.245. The van der Waals surface area contributed by atoms with E-state index in [1.807, 2.05) is 36.4 Å². The van der Waals surface area contributed by atoms with Crippen molar-refractivity contribution in [1.29, 1.82) is 0 Å². The quantitative estimate of drug-likeness (QED) is 0.844. The molecule has 1 aliphatic carbocycles. The lowest BCUT2D eigenvalue weighted by atomic mass is 10.2. The molecule has 24 heavy (non-hydrogen) atoms. The Kier molecular flexibility index (Phi) is 5.20. The lowest BCUT2D eigenvalue weighted by molar-refractivity contribution is 0.210. The third-order valence-electron chi connectivity index (χ3n) is 3.94. The SMILES string of the molecule is O=S(=O)(C=Cc1ccccc1)Nc1cccc(OC2CCCC2)c1. The van der Waals surface area contributed by atoms with E-state index in [0.717, 1.165) is 18.4 Å². The molecule has 0 atom stereocenters. The van der Waals surface area contributed by atoms with Crippen LogP contribution in [0.1, 0.15) is 31.2 Å². The van der Waals surface area contributed by atoms with Crippen LogP contribution in [-0.2, 0) is 10.0 Å². The van der Waals surface area contributed by atoms with Crippen LogP contribution in [-0.4, -0.2) is 14.5 Å². The van der Waals surface area contributed by atoms with Crippen LogP contribution in [0, 0.1) is 0 Å². The Morgan fingerprint density at radius 3 is 2.50 bits per heavy atom. The molecule has 3 rings (SSSR count). The van der Waals surface area contributed by atoms with Gasteiger partial charge in [-0.1, -0.05) is 36.4 Å². The van der Waals surface area contributed by atoms with Crippen molar-refractivity contribution in [3.63, 3.8) is 0 Å². The zero-order chi connectivity index (χ0) is 16.8. The van der Waals surface area contributed by atoms with Gasteiger partial charge in [0, 0.05) is 6.07 Å². The number of hydrogen-bond acceptors (Lipinski definition) is 3. The van der Waals surface area contributed by atoms with Crippen molar-refractivity contribution in [3.05, 3.63) is 65.6 Å². The Balaban J connectivity index is 1.67. The number of sulfonamides is 1. The van der Waals surface area contributed by atoms with Gasteiger partial charge in [-0.25, -0.2) is 8.42 Å². The fourth-order valence-corrected chi connectivity index (χ4v) is 3.62. The molecule has 1 saturated carbocycles. The fourth-order valence-electron chi connectivity index (χ4n) is 2.76. The zero-order valence-electron chi connectivity index (χ0n) is 13.4. The van der Waals surface area contributed by atoms with Crippen molar-refractivity contribution in [2.24, 2.45) is 0 Å². The van der Waals surface area contributed by atoms with Gasteiger partial charge in [0.1, 0.15) is 5.75 Å². The van der Waals surface area contributed by atoms with E-state index in [9.17, 15) is 8.42 Å². The first-order valence-electron chi connectivity index (χ1n) is 8.13. The molecule has 0 aromatic heterocycles. The molecule has 126 valence electrons. The van der Waals surface area contributed by atoms with Crippen molar-refractivity contribution >= 4 is 21.8 Å². The summed E-state index contributed by atoms with van der Waals surface area (Å²) in [6, 6.07) is 16.4. The Morgan fingerprint density at radius 2 is 1.75 bits per heavy atom. The van der Waals surface area contributed by atoms with E-state index in [4.69, 9.17) is 4.74 Å². The summed E-state index contributed by atoms with van der Waals surface area (Å²) in [6.07, 6.45) is 6.34. The third kappa shape index (κ3) is 4.86. The van der Waals surface area contributed by atoms with Crippen molar-refractivity contribution in [2.75, 3.05) is 4.72 Å². The van der Waals surface area contributed by atoms with E-state index >= 15 is 0 Å². The molecule has 0 aliphatic heterocycles. The molecule has 2 aromatic rings. The lowest BCUT2D eigenvalue weighted by Gasteiger charge is -2.14. The van der Waals surface area contributed by atoms with Crippen LogP contribution in [0.15, 0.2) is 60.0 Å². The predicted octanol–water partition coefficient (Wildman–Crippen LogP) is 4.42. The van der Waals surface area contributed by atoms with Gasteiger partial charge in [0.15, 0.2) is 0 Å². The summed E-state index contributed by atoms with van der Waals surface area (Å²) >= 11 is 0. The smallest absolute Gasteiger partial charge is 0.255 e. The fraction of sp³-hybridized carbons (Fsp3) is 0.263. The molecule has 0 bridgehead atoms. The summed E-state index contributed by atoms with van der Waals surface area (Å²) in [6.45, 7) is 0. The van der Waals surface area contributed by atoms with Crippen LogP contribution >= 0.6 is 0 Å². The summed E-state index contributed by atoms with van der Waals surface area (Å²) in [7, 11) is -3.56. The average Bonchev–Trinajstić information content (AvgIpc) is 3.07. The van der Waals surface area contributed by atoms with E-state index in [-0.39, 0.29) is 6.10 Å². The van der Waals surface area contributed by atoms with E-state index in [0.29, 0.717) is 11.4 Å². The largest absolute Gasteiger partial charge is 0.490 e. The molecule has 0 heterocycles.